The van der Waals surface area contributed by atoms with Crippen LogP contribution in [0, 0.1) is 19.8 Å². The van der Waals surface area contributed by atoms with Gasteiger partial charge in [0.05, 0.1) is 12.2 Å². The molecule has 3 rings (SSSR count). The Kier molecular flexibility index (Phi) is 10.8. The van der Waals surface area contributed by atoms with E-state index >= 15 is 0 Å². The first kappa shape index (κ1) is 25.3. The van der Waals surface area contributed by atoms with Gasteiger partial charge in [-0.3, -0.25) is 9.69 Å². The van der Waals surface area contributed by atoms with Crippen molar-refractivity contribution in [2.45, 2.75) is 53.0 Å². The van der Waals surface area contributed by atoms with Gasteiger partial charge in [0.15, 0.2) is 5.96 Å². The first-order valence-corrected chi connectivity index (χ1v) is 11.8. The maximum atomic E-state index is 12.6. The molecule has 7 nitrogen and oxygen atoms in total. The Morgan fingerprint density at radius 1 is 1.17 bits per heavy atom. The monoisotopic (exact) mass is 548 g/mol. The summed E-state index contributed by atoms with van der Waals surface area (Å²) in [6, 6.07) is 0. The first-order chi connectivity index (χ1) is 14.1. The third-order valence-corrected chi connectivity index (χ3v) is 6.96. The van der Waals surface area contributed by atoms with Crippen molar-refractivity contribution in [3.05, 3.63) is 15.6 Å². The lowest BCUT2D eigenvalue weighted by atomic mass is 10.1. The van der Waals surface area contributed by atoms with E-state index in [1.165, 1.54) is 17.7 Å². The van der Waals surface area contributed by atoms with Gasteiger partial charge in [-0.2, -0.15) is 0 Å². The fourth-order valence-electron chi connectivity index (χ4n) is 4.05. The molecule has 0 atom stereocenters. The fraction of sp³-hybridized carbons (Fsp3) is 0.762. The Morgan fingerprint density at radius 3 is 2.47 bits per heavy atom. The highest BCUT2D eigenvalue weighted by molar-refractivity contribution is 14.0. The van der Waals surface area contributed by atoms with E-state index in [0.717, 1.165) is 75.3 Å². The van der Waals surface area contributed by atoms with Gasteiger partial charge in [0.2, 0.25) is 5.91 Å². The Morgan fingerprint density at radius 2 is 1.87 bits per heavy atom. The molecule has 0 unspecified atom stereocenters. The number of aromatic nitrogens is 1. The summed E-state index contributed by atoms with van der Waals surface area (Å²) in [5.41, 5.74) is 1.10. The largest absolute Gasteiger partial charge is 0.357 e. The highest BCUT2D eigenvalue weighted by Gasteiger charge is 2.29. The molecule has 1 aliphatic heterocycles. The molecular weight excluding hydrogens is 511 g/mol. The predicted octanol–water partition coefficient (Wildman–Crippen LogP) is 2.77. The average molecular weight is 549 g/mol. The van der Waals surface area contributed by atoms with Gasteiger partial charge in [-0.05, 0) is 33.6 Å². The Bertz CT molecular complexity index is 676. The van der Waals surface area contributed by atoms with Crippen LogP contribution in [0.25, 0.3) is 0 Å². The van der Waals surface area contributed by atoms with Crippen LogP contribution in [0.4, 0.5) is 0 Å². The molecule has 1 saturated heterocycles. The maximum Gasteiger partial charge on any atom is 0.225 e. The summed E-state index contributed by atoms with van der Waals surface area (Å²) in [4.78, 5) is 27.6. The summed E-state index contributed by atoms with van der Waals surface area (Å²) in [6.07, 6.45) is 4.63. The summed E-state index contributed by atoms with van der Waals surface area (Å²) in [5, 5.41) is 7.80. The Labute approximate surface area is 202 Å². The number of nitrogens with one attached hydrogen (secondary N) is 2. The minimum absolute atomic E-state index is 0. The number of aryl methyl sites for hydroxylation is 2. The van der Waals surface area contributed by atoms with E-state index in [-0.39, 0.29) is 24.0 Å². The van der Waals surface area contributed by atoms with Crippen LogP contribution in [0.5, 0.6) is 0 Å². The van der Waals surface area contributed by atoms with Gasteiger partial charge in [-0.25, -0.2) is 9.98 Å². The summed E-state index contributed by atoms with van der Waals surface area (Å²) in [7, 11) is 0. The van der Waals surface area contributed by atoms with Crippen molar-refractivity contribution in [3.63, 3.8) is 0 Å². The quantitative estimate of drug-likeness (QED) is 0.312. The van der Waals surface area contributed by atoms with Gasteiger partial charge in [0.25, 0.3) is 0 Å². The molecule has 0 bridgehead atoms. The van der Waals surface area contributed by atoms with Crippen LogP contribution in [0.1, 0.15) is 48.2 Å². The number of aliphatic imine (C=N–C) groups is 1. The third kappa shape index (κ3) is 7.33. The smallest absolute Gasteiger partial charge is 0.225 e. The first-order valence-electron chi connectivity index (χ1n) is 11.0. The lowest BCUT2D eigenvalue weighted by Crippen LogP contribution is -2.51. The third-order valence-electron chi connectivity index (χ3n) is 5.90. The molecule has 1 amide bonds. The van der Waals surface area contributed by atoms with E-state index in [2.05, 4.69) is 44.3 Å². The maximum absolute atomic E-state index is 12.6. The van der Waals surface area contributed by atoms with E-state index < -0.39 is 0 Å². The van der Waals surface area contributed by atoms with E-state index in [0.29, 0.717) is 18.4 Å². The van der Waals surface area contributed by atoms with Gasteiger partial charge in [0, 0.05) is 56.6 Å². The number of hydrogen-bond donors (Lipinski definition) is 2. The van der Waals surface area contributed by atoms with Crippen LogP contribution in [-0.2, 0) is 11.3 Å². The second-order valence-electron chi connectivity index (χ2n) is 8.02. The molecular formula is C21H37IN6OS. The molecule has 1 aliphatic carbocycles. The van der Waals surface area contributed by atoms with Crippen molar-refractivity contribution in [1.82, 2.24) is 25.4 Å². The molecule has 0 spiro atoms. The van der Waals surface area contributed by atoms with Crippen molar-refractivity contribution < 1.29 is 4.79 Å². The minimum atomic E-state index is 0. The summed E-state index contributed by atoms with van der Waals surface area (Å²) in [6.45, 7) is 13.1. The number of piperazine rings is 1. The van der Waals surface area contributed by atoms with Crippen molar-refractivity contribution in [2.24, 2.45) is 10.9 Å². The van der Waals surface area contributed by atoms with E-state index in [9.17, 15) is 4.79 Å². The van der Waals surface area contributed by atoms with Gasteiger partial charge < -0.3 is 15.5 Å². The van der Waals surface area contributed by atoms with Crippen LogP contribution in [-0.4, -0.2) is 72.5 Å². The topological polar surface area (TPSA) is 72.9 Å². The number of thiazole rings is 1. The van der Waals surface area contributed by atoms with Gasteiger partial charge in [-0.1, -0.05) is 12.8 Å². The lowest BCUT2D eigenvalue weighted by Gasteiger charge is -2.36. The zero-order valence-electron chi connectivity index (χ0n) is 18.6. The van der Waals surface area contributed by atoms with Crippen molar-refractivity contribution in [2.75, 3.05) is 45.8 Å². The van der Waals surface area contributed by atoms with Crippen LogP contribution in [0.3, 0.4) is 0 Å². The molecule has 170 valence electrons. The minimum Gasteiger partial charge on any atom is -0.357 e. The molecule has 2 N–H and O–H groups in total. The second-order valence-corrected chi connectivity index (χ2v) is 9.31. The molecule has 2 heterocycles. The predicted molar refractivity (Wildman–Crippen MR) is 135 cm³/mol. The molecule has 2 fully saturated rings. The van der Waals surface area contributed by atoms with E-state index in [1.54, 1.807) is 11.3 Å². The normalized spacial score (nSPS) is 18.4. The van der Waals surface area contributed by atoms with Gasteiger partial charge in [-0.15, -0.1) is 35.3 Å². The van der Waals surface area contributed by atoms with Crippen molar-refractivity contribution in [3.8, 4) is 0 Å². The van der Waals surface area contributed by atoms with E-state index in [4.69, 9.17) is 0 Å². The van der Waals surface area contributed by atoms with Crippen molar-refractivity contribution in [1.29, 1.82) is 0 Å². The van der Waals surface area contributed by atoms with Crippen LogP contribution < -0.4 is 10.6 Å². The fourth-order valence-corrected chi connectivity index (χ4v) is 4.91. The SMILES string of the molecule is CCNC(=NCc1nc(C)c(C)s1)NCCN1CCN(C(=O)C2CCCC2)CC1.I. The molecule has 2 aliphatic rings. The molecule has 1 aromatic heterocycles. The summed E-state index contributed by atoms with van der Waals surface area (Å²) < 4.78 is 0. The Hall–Kier alpha value is -0.940. The van der Waals surface area contributed by atoms with Crippen molar-refractivity contribution >= 4 is 47.2 Å². The molecule has 30 heavy (non-hydrogen) atoms. The number of hydrogen-bond acceptors (Lipinski definition) is 5. The highest BCUT2D eigenvalue weighted by atomic mass is 127. The average Bonchev–Trinajstić information content (AvgIpc) is 3.36. The molecule has 1 aromatic rings. The molecule has 0 radical (unpaired) electrons. The van der Waals surface area contributed by atoms with E-state index in [1.807, 2.05) is 6.92 Å². The molecule has 1 saturated carbocycles. The summed E-state index contributed by atoms with van der Waals surface area (Å²) >= 11 is 1.72. The number of halogens is 1. The second kappa shape index (κ2) is 12.8. The zero-order chi connectivity index (χ0) is 20.6. The number of carbonyl (C=O) groups is 1. The number of nitrogens with zero attached hydrogens (tertiary/aromatic N) is 4. The number of amides is 1. The Balaban J connectivity index is 0.00000320. The number of rotatable bonds is 7. The highest BCUT2D eigenvalue weighted by Crippen LogP contribution is 2.26. The lowest BCUT2D eigenvalue weighted by molar-refractivity contribution is -0.137. The number of guanidine groups is 1. The summed E-state index contributed by atoms with van der Waals surface area (Å²) in [5.74, 6) is 1.54. The van der Waals surface area contributed by atoms with Gasteiger partial charge >= 0.3 is 0 Å². The standard InChI is InChI=1S/C21H36N6OS.HI/c1-4-22-21(24-15-19-25-16(2)17(3)29-19)23-9-10-26-11-13-27(14-12-26)20(28)18-7-5-6-8-18;/h18H,4-15H2,1-3H3,(H2,22,23,24);1H. The molecule has 0 aromatic carbocycles. The van der Waals surface area contributed by atoms with Crippen LogP contribution in [0.15, 0.2) is 4.99 Å². The molecule has 9 heteroatoms. The van der Waals surface area contributed by atoms with Gasteiger partial charge in [0.1, 0.15) is 5.01 Å². The zero-order valence-corrected chi connectivity index (χ0v) is 21.7. The van der Waals surface area contributed by atoms with Crippen LogP contribution in [0.2, 0.25) is 0 Å². The number of carbonyl (C=O) groups excluding carboxylic acids is 1. The van der Waals surface area contributed by atoms with Crippen LogP contribution >= 0.6 is 35.3 Å².